The van der Waals surface area contributed by atoms with Crippen molar-refractivity contribution in [3.8, 4) is 5.75 Å². The van der Waals surface area contributed by atoms with E-state index >= 15 is 0 Å². The van der Waals surface area contributed by atoms with Crippen molar-refractivity contribution < 1.29 is 5.11 Å². The predicted molar refractivity (Wildman–Crippen MR) is 80.6 cm³/mol. The topological polar surface area (TPSA) is 23.5 Å². The Kier molecular flexibility index (Phi) is 5.12. The van der Waals surface area contributed by atoms with Gasteiger partial charge in [0.05, 0.1) is 5.02 Å². The Bertz CT molecular complexity index is 413. The lowest BCUT2D eigenvalue weighted by Crippen LogP contribution is -2.35. The fourth-order valence-corrected chi connectivity index (χ4v) is 3.17. The van der Waals surface area contributed by atoms with E-state index in [4.69, 9.17) is 11.6 Å². The Balaban J connectivity index is 2.07. The third-order valence-electron chi connectivity index (χ3n) is 3.84. The monoisotopic (exact) mass is 281 g/mol. The molecule has 0 unspecified atom stereocenters. The van der Waals surface area contributed by atoms with E-state index in [1.165, 1.54) is 31.2 Å². The fourth-order valence-electron chi connectivity index (χ4n) is 2.96. The molecule has 0 bridgehead atoms. The van der Waals surface area contributed by atoms with Gasteiger partial charge in [-0.3, -0.25) is 4.90 Å². The van der Waals surface area contributed by atoms with E-state index in [0.29, 0.717) is 10.9 Å². The molecular formula is C16H24ClNO. The van der Waals surface area contributed by atoms with Gasteiger partial charge in [-0.15, -0.1) is 0 Å². The van der Waals surface area contributed by atoms with Crippen LogP contribution in [-0.4, -0.2) is 22.6 Å². The zero-order valence-electron chi connectivity index (χ0n) is 11.9. The summed E-state index contributed by atoms with van der Waals surface area (Å²) in [5.74, 6) is 0.842. The summed E-state index contributed by atoms with van der Waals surface area (Å²) in [5.41, 5.74) is 1.19. The smallest absolute Gasteiger partial charge is 0.134 e. The molecule has 0 atom stereocenters. The SMILES string of the molecule is CC(C)CN(Cc1ccc(O)c(Cl)c1)C1CCCC1. The summed E-state index contributed by atoms with van der Waals surface area (Å²) in [7, 11) is 0. The minimum absolute atomic E-state index is 0.168. The van der Waals surface area contributed by atoms with Crippen LogP contribution in [0.2, 0.25) is 5.02 Å². The van der Waals surface area contributed by atoms with Crippen molar-refractivity contribution in [2.24, 2.45) is 5.92 Å². The van der Waals surface area contributed by atoms with Crippen LogP contribution in [0.4, 0.5) is 0 Å². The van der Waals surface area contributed by atoms with E-state index in [2.05, 4.69) is 18.7 Å². The van der Waals surface area contributed by atoms with E-state index in [0.717, 1.165) is 19.1 Å². The van der Waals surface area contributed by atoms with Crippen LogP contribution in [0.15, 0.2) is 18.2 Å². The van der Waals surface area contributed by atoms with Crippen molar-refractivity contribution in [2.75, 3.05) is 6.54 Å². The number of hydrogen-bond acceptors (Lipinski definition) is 2. The molecule has 1 aliphatic carbocycles. The standard InChI is InChI=1S/C16H24ClNO/c1-12(2)10-18(14-5-3-4-6-14)11-13-7-8-16(19)15(17)9-13/h7-9,12,14,19H,3-6,10-11H2,1-2H3. The molecule has 106 valence electrons. The number of benzene rings is 1. The summed E-state index contributed by atoms with van der Waals surface area (Å²) >= 11 is 5.99. The lowest BCUT2D eigenvalue weighted by Gasteiger charge is -2.30. The first-order chi connectivity index (χ1) is 9.06. The van der Waals surface area contributed by atoms with E-state index in [9.17, 15) is 5.11 Å². The molecule has 0 saturated heterocycles. The highest BCUT2D eigenvalue weighted by atomic mass is 35.5. The van der Waals surface area contributed by atoms with Crippen molar-refractivity contribution >= 4 is 11.6 Å². The van der Waals surface area contributed by atoms with Crippen molar-refractivity contribution in [3.63, 3.8) is 0 Å². The van der Waals surface area contributed by atoms with Gasteiger partial charge in [-0.2, -0.15) is 0 Å². The van der Waals surface area contributed by atoms with E-state index in [1.54, 1.807) is 6.07 Å². The molecule has 1 aromatic carbocycles. The Morgan fingerprint density at radius 3 is 2.58 bits per heavy atom. The van der Waals surface area contributed by atoms with E-state index in [1.807, 2.05) is 12.1 Å². The van der Waals surface area contributed by atoms with Gasteiger partial charge in [-0.25, -0.2) is 0 Å². The van der Waals surface area contributed by atoms with Crippen LogP contribution < -0.4 is 0 Å². The van der Waals surface area contributed by atoms with Gasteiger partial charge in [-0.05, 0) is 36.5 Å². The molecule has 1 N–H and O–H groups in total. The van der Waals surface area contributed by atoms with Crippen LogP contribution in [0.1, 0.15) is 45.1 Å². The quantitative estimate of drug-likeness (QED) is 0.862. The molecule has 2 rings (SSSR count). The summed E-state index contributed by atoms with van der Waals surface area (Å²) in [6, 6.07) is 6.28. The number of phenols is 1. The van der Waals surface area contributed by atoms with Gasteiger partial charge in [0, 0.05) is 19.1 Å². The van der Waals surface area contributed by atoms with Crippen molar-refractivity contribution in [1.82, 2.24) is 4.90 Å². The first kappa shape index (κ1) is 14.7. The van der Waals surface area contributed by atoms with Gasteiger partial charge in [-0.1, -0.05) is 44.4 Å². The van der Waals surface area contributed by atoms with Crippen molar-refractivity contribution in [1.29, 1.82) is 0 Å². The molecule has 3 heteroatoms. The van der Waals surface area contributed by atoms with Crippen LogP contribution in [0.5, 0.6) is 5.75 Å². The molecule has 0 spiro atoms. The van der Waals surface area contributed by atoms with Crippen LogP contribution >= 0.6 is 11.6 Å². The maximum absolute atomic E-state index is 9.49. The molecule has 0 amide bonds. The number of rotatable bonds is 5. The fraction of sp³-hybridized carbons (Fsp3) is 0.625. The number of phenolic OH excluding ortho intramolecular Hbond substituents is 1. The summed E-state index contributed by atoms with van der Waals surface area (Å²) in [5, 5.41) is 9.94. The predicted octanol–water partition coefficient (Wildman–Crippen LogP) is 4.45. The lowest BCUT2D eigenvalue weighted by atomic mass is 10.1. The molecule has 0 radical (unpaired) electrons. The molecule has 0 aromatic heterocycles. The van der Waals surface area contributed by atoms with Crippen molar-refractivity contribution in [2.45, 2.75) is 52.1 Å². The maximum Gasteiger partial charge on any atom is 0.134 e. The van der Waals surface area contributed by atoms with Gasteiger partial charge < -0.3 is 5.11 Å². The van der Waals surface area contributed by atoms with Crippen LogP contribution in [0.25, 0.3) is 0 Å². The molecule has 19 heavy (non-hydrogen) atoms. The third kappa shape index (κ3) is 4.12. The Morgan fingerprint density at radius 2 is 2.00 bits per heavy atom. The van der Waals surface area contributed by atoms with Crippen molar-refractivity contribution in [3.05, 3.63) is 28.8 Å². The van der Waals surface area contributed by atoms with Crippen LogP contribution in [0, 0.1) is 5.92 Å². The van der Waals surface area contributed by atoms with Gasteiger partial charge >= 0.3 is 0 Å². The lowest BCUT2D eigenvalue weighted by molar-refractivity contribution is 0.168. The zero-order chi connectivity index (χ0) is 13.8. The third-order valence-corrected chi connectivity index (χ3v) is 4.14. The highest BCUT2D eigenvalue weighted by molar-refractivity contribution is 6.32. The molecule has 1 fully saturated rings. The average Bonchev–Trinajstić information content (AvgIpc) is 2.86. The Hall–Kier alpha value is -0.730. The van der Waals surface area contributed by atoms with Gasteiger partial charge in [0.25, 0.3) is 0 Å². The normalized spacial score (nSPS) is 16.7. The van der Waals surface area contributed by atoms with Crippen LogP contribution in [0.3, 0.4) is 0 Å². The average molecular weight is 282 g/mol. The summed E-state index contributed by atoms with van der Waals surface area (Å²) in [6.07, 6.45) is 5.35. The molecular weight excluding hydrogens is 258 g/mol. The first-order valence-corrected chi connectivity index (χ1v) is 7.65. The highest BCUT2D eigenvalue weighted by Crippen LogP contribution is 2.28. The van der Waals surface area contributed by atoms with E-state index < -0.39 is 0 Å². The zero-order valence-corrected chi connectivity index (χ0v) is 12.7. The first-order valence-electron chi connectivity index (χ1n) is 7.27. The number of hydrogen-bond donors (Lipinski definition) is 1. The van der Waals surface area contributed by atoms with Gasteiger partial charge in [0.2, 0.25) is 0 Å². The van der Waals surface area contributed by atoms with Crippen LogP contribution in [-0.2, 0) is 6.54 Å². The Morgan fingerprint density at radius 1 is 1.32 bits per heavy atom. The summed E-state index contributed by atoms with van der Waals surface area (Å²) in [6.45, 7) is 6.60. The largest absolute Gasteiger partial charge is 0.506 e. The highest BCUT2D eigenvalue weighted by Gasteiger charge is 2.23. The van der Waals surface area contributed by atoms with Gasteiger partial charge in [0.15, 0.2) is 0 Å². The van der Waals surface area contributed by atoms with Gasteiger partial charge in [0.1, 0.15) is 5.75 Å². The molecule has 0 heterocycles. The second-order valence-corrected chi connectivity index (χ2v) is 6.45. The number of halogens is 1. The molecule has 0 aliphatic heterocycles. The van der Waals surface area contributed by atoms with E-state index in [-0.39, 0.29) is 5.75 Å². The minimum Gasteiger partial charge on any atom is -0.506 e. The Labute approximate surface area is 121 Å². The second kappa shape index (κ2) is 6.62. The summed E-state index contributed by atoms with van der Waals surface area (Å²) in [4.78, 5) is 2.58. The molecule has 1 aliphatic rings. The molecule has 1 aromatic rings. The number of nitrogens with zero attached hydrogens (tertiary/aromatic N) is 1. The molecule has 1 saturated carbocycles. The molecule has 2 nitrogen and oxygen atoms in total. The summed E-state index contributed by atoms with van der Waals surface area (Å²) < 4.78 is 0. The second-order valence-electron chi connectivity index (χ2n) is 6.05. The number of aromatic hydroxyl groups is 1. The minimum atomic E-state index is 0.168. The maximum atomic E-state index is 9.49.